The van der Waals surface area contributed by atoms with Crippen molar-refractivity contribution in [3.05, 3.63) is 30.1 Å². The van der Waals surface area contributed by atoms with Crippen LogP contribution in [-0.4, -0.2) is 20.6 Å². The van der Waals surface area contributed by atoms with Gasteiger partial charge in [0.05, 0.1) is 0 Å². The van der Waals surface area contributed by atoms with Gasteiger partial charge in [-0.1, -0.05) is 5.21 Å². The molecule has 6 heteroatoms. The second kappa shape index (κ2) is 3.73. The average molecular weight is 191 g/mol. The molecule has 1 aromatic carbocycles. The van der Waals surface area contributed by atoms with Gasteiger partial charge in [-0.3, -0.25) is 0 Å². The Hall–Kier alpha value is -2.11. The maximum Gasteiger partial charge on any atom is 0.211 e. The number of rotatable bonds is 3. The van der Waals surface area contributed by atoms with E-state index >= 15 is 0 Å². The first-order valence-corrected chi connectivity index (χ1v) is 4.05. The summed E-state index contributed by atoms with van der Waals surface area (Å²) in [5.74, 6) is 1.24. The van der Waals surface area contributed by atoms with Crippen LogP contribution >= 0.6 is 0 Å². The van der Waals surface area contributed by atoms with E-state index in [1.54, 1.807) is 24.3 Å². The van der Waals surface area contributed by atoms with Crippen molar-refractivity contribution in [1.82, 2.24) is 20.6 Å². The van der Waals surface area contributed by atoms with Gasteiger partial charge in [-0.15, -0.1) is 10.2 Å². The number of nitrogens with one attached hydrogen (secondary N) is 1. The molecular weight excluding hydrogens is 182 g/mol. The quantitative estimate of drug-likeness (QED) is 0.683. The van der Waals surface area contributed by atoms with Crippen LogP contribution in [0.5, 0.6) is 5.75 Å². The van der Waals surface area contributed by atoms with Crippen molar-refractivity contribution in [3.8, 4) is 5.75 Å². The molecule has 0 saturated carbocycles. The number of H-pyrrole nitrogens is 1. The smallest absolute Gasteiger partial charge is 0.211 e. The third-order valence-electron chi connectivity index (χ3n) is 1.64. The van der Waals surface area contributed by atoms with Crippen LogP contribution in [0, 0.1) is 0 Å². The summed E-state index contributed by atoms with van der Waals surface area (Å²) in [6.07, 6.45) is 0. The summed E-state index contributed by atoms with van der Waals surface area (Å²) in [6.45, 7) is 0.292. The molecule has 0 spiro atoms. The molecule has 0 amide bonds. The first-order chi connectivity index (χ1) is 6.84. The van der Waals surface area contributed by atoms with Crippen LogP contribution in [0.25, 0.3) is 0 Å². The predicted molar refractivity (Wildman–Crippen MR) is 49.4 cm³/mol. The number of hydrogen-bond acceptors (Lipinski definition) is 5. The van der Waals surface area contributed by atoms with Gasteiger partial charge in [0.2, 0.25) is 5.82 Å². The van der Waals surface area contributed by atoms with Crippen molar-refractivity contribution >= 4 is 5.69 Å². The zero-order valence-corrected chi connectivity index (χ0v) is 7.34. The highest BCUT2D eigenvalue weighted by molar-refractivity contribution is 5.41. The van der Waals surface area contributed by atoms with E-state index in [2.05, 4.69) is 20.6 Å². The summed E-state index contributed by atoms with van der Waals surface area (Å²) >= 11 is 0. The number of nitrogens with zero attached hydrogens (tertiary/aromatic N) is 3. The Morgan fingerprint density at radius 3 is 2.71 bits per heavy atom. The number of nitrogen functional groups attached to an aromatic ring is 1. The predicted octanol–water partition coefficient (Wildman–Crippen LogP) is 0.361. The van der Waals surface area contributed by atoms with Gasteiger partial charge in [-0.25, -0.2) is 0 Å². The summed E-state index contributed by atoms with van der Waals surface area (Å²) in [6, 6.07) is 7.11. The van der Waals surface area contributed by atoms with Crippen LogP contribution in [0.2, 0.25) is 0 Å². The van der Waals surface area contributed by atoms with Gasteiger partial charge in [0.1, 0.15) is 5.75 Å². The molecule has 0 fully saturated rings. The highest BCUT2D eigenvalue weighted by atomic mass is 16.5. The highest BCUT2D eigenvalue weighted by Gasteiger charge is 1.98. The van der Waals surface area contributed by atoms with Gasteiger partial charge in [0.25, 0.3) is 0 Å². The van der Waals surface area contributed by atoms with E-state index in [-0.39, 0.29) is 0 Å². The van der Waals surface area contributed by atoms with Crippen LogP contribution in [-0.2, 0) is 6.61 Å². The summed E-state index contributed by atoms with van der Waals surface area (Å²) in [5, 5.41) is 13.3. The molecule has 3 N–H and O–H groups in total. The Bertz CT molecular complexity index is 383. The zero-order chi connectivity index (χ0) is 9.80. The summed E-state index contributed by atoms with van der Waals surface area (Å²) in [7, 11) is 0. The molecule has 0 atom stereocenters. The van der Waals surface area contributed by atoms with Crippen molar-refractivity contribution < 1.29 is 4.74 Å². The van der Waals surface area contributed by atoms with E-state index in [1.807, 2.05) is 0 Å². The van der Waals surface area contributed by atoms with Crippen LogP contribution in [0.15, 0.2) is 24.3 Å². The molecule has 2 rings (SSSR count). The SMILES string of the molecule is Nc1ccc(OCc2nn[nH]n2)cc1. The Morgan fingerprint density at radius 2 is 2.07 bits per heavy atom. The Balaban J connectivity index is 1.95. The minimum Gasteiger partial charge on any atom is -0.485 e. The van der Waals surface area contributed by atoms with E-state index in [9.17, 15) is 0 Å². The van der Waals surface area contributed by atoms with Gasteiger partial charge >= 0.3 is 0 Å². The molecule has 0 bridgehead atoms. The van der Waals surface area contributed by atoms with Crippen molar-refractivity contribution in [2.45, 2.75) is 6.61 Å². The lowest BCUT2D eigenvalue weighted by atomic mass is 10.3. The van der Waals surface area contributed by atoms with E-state index in [1.165, 1.54) is 0 Å². The normalized spacial score (nSPS) is 10.0. The summed E-state index contributed by atoms with van der Waals surface area (Å²) in [5.41, 5.74) is 6.23. The van der Waals surface area contributed by atoms with E-state index < -0.39 is 0 Å². The fourth-order valence-electron chi connectivity index (χ4n) is 0.956. The lowest BCUT2D eigenvalue weighted by molar-refractivity contribution is 0.296. The van der Waals surface area contributed by atoms with E-state index in [4.69, 9.17) is 10.5 Å². The first kappa shape index (κ1) is 8.49. The minimum absolute atomic E-state index is 0.292. The standard InChI is InChI=1S/C8H9N5O/c9-6-1-3-7(4-2-6)14-5-8-10-12-13-11-8/h1-4H,5,9H2,(H,10,11,12,13). The second-order valence-corrected chi connectivity index (χ2v) is 2.69. The molecule has 14 heavy (non-hydrogen) atoms. The maximum atomic E-state index is 5.52. The lowest BCUT2D eigenvalue weighted by Crippen LogP contribution is -1.97. The molecule has 1 heterocycles. The van der Waals surface area contributed by atoms with Crippen LogP contribution in [0.3, 0.4) is 0 Å². The monoisotopic (exact) mass is 191 g/mol. The maximum absolute atomic E-state index is 5.52. The third kappa shape index (κ3) is 1.98. The number of ether oxygens (including phenoxy) is 1. The summed E-state index contributed by atoms with van der Waals surface area (Å²) in [4.78, 5) is 0. The van der Waals surface area contributed by atoms with Crippen molar-refractivity contribution in [2.75, 3.05) is 5.73 Å². The van der Waals surface area contributed by atoms with Gasteiger partial charge < -0.3 is 10.5 Å². The number of nitrogens with two attached hydrogens (primary N) is 1. The molecular formula is C8H9N5O. The Kier molecular flexibility index (Phi) is 2.26. The van der Waals surface area contributed by atoms with Gasteiger partial charge in [0.15, 0.2) is 6.61 Å². The molecule has 0 aliphatic rings. The largest absolute Gasteiger partial charge is 0.485 e. The third-order valence-corrected chi connectivity index (χ3v) is 1.64. The number of hydrogen-bond donors (Lipinski definition) is 2. The van der Waals surface area contributed by atoms with Crippen LogP contribution in [0.1, 0.15) is 5.82 Å². The topological polar surface area (TPSA) is 89.7 Å². The van der Waals surface area contributed by atoms with E-state index in [0.717, 1.165) is 5.75 Å². The van der Waals surface area contributed by atoms with Crippen molar-refractivity contribution in [1.29, 1.82) is 0 Å². The number of anilines is 1. The highest BCUT2D eigenvalue weighted by Crippen LogP contribution is 2.13. The fraction of sp³-hybridized carbons (Fsp3) is 0.125. The number of benzene rings is 1. The average Bonchev–Trinajstić information content (AvgIpc) is 2.70. The molecule has 0 aliphatic heterocycles. The van der Waals surface area contributed by atoms with E-state index in [0.29, 0.717) is 18.1 Å². The minimum atomic E-state index is 0.292. The molecule has 1 aromatic heterocycles. The van der Waals surface area contributed by atoms with Gasteiger partial charge in [-0.2, -0.15) is 5.21 Å². The van der Waals surface area contributed by atoms with Gasteiger partial charge in [-0.05, 0) is 24.3 Å². The lowest BCUT2D eigenvalue weighted by Gasteiger charge is -2.02. The number of aromatic nitrogens is 4. The number of tetrazole rings is 1. The Labute approximate surface area is 80.1 Å². The molecule has 0 aliphatic carbocycles. The first-order valence-electron chi connectivity index (χ1n) is 4.05. The zero-order valence-electron chi connectivity index (χ0n) is 7.34. The molecule has 2 aromatic rings. The van der Waals surface area contributed by atoms with Gasteiger partial charge in [0, 0.05) is 5.69 Å². The summed E-state index contributed by atoms with van der Waals surface area (Å²) < 4.78 is 5.36. The molecule has 6 nitrogen and oxygen atoms in total. The Morgan fingerprint density at radius 1 is 1.29 bits per heavy atom. The van der Waals surface area contributed by atoms with Crippen molar-refractivity contribution in [2.24, 2.45) is 0 Å². The fourth-order valence-corrected chi connectivity index (χ4v) is 0.956. The molecule has 0 unspecified atom stereocenters. The number of aromatic amines is 1. The molecule has 0 saturated heterocycles. The molecule has 72 valence electrons. The second-order valence-electron chi connectivity index (χ2n) is 2.69. The van der Waals surface area contributed by atoms with Crippen molar-refractivity contribution in [3.63, 3.8) is 0 Å². The molecule has 0 radical (unpaired) electrons. The van der Waals surface area contributed by atoms with Crippen LogP contribution < -0.4 is 10.5 Å². The van der Waals surface area contributed by atoms with Crippen LogP contribution in [0.4, 0.5) is 5.69 Å².